The lowest BCUT2D eigenvalue weighted by Crippen LogP contribution is -2.11. The zero-order chi connectivity index (χ0) is 17.2. The van der Waals surface area contributed by atoms with Crippen LogP contribution >= 0.6 is 11.8 Å². The van der Waals surface area contributed by atoms with Crippen LogP contribution < -0.4 is 5.14 Å². The summed E-state index contributed by atoms with van der Waals surface area (Å²) in [6.07, 6.45) is 2.05. The summed E-state index contributed by atoms with van der Waals surface area (Å²) in [6.45, 7) is 0. The lowest BCUT2D eigenvalue weighted by Gasteiger charge is -2.11. The molecule has 2 N–H and O–H groups in total. The lowest BCUT2D eigenvalue weighted by atomic mass is 9.95. The average molecular weight is 355 g/mol. The molecule has 0 radical (unpaired) electrons. The van der Waals surface area contributed by atoms with E-state index in [1.54, 1.807) is 23.9 Å². The van der Waals surface area contributed by atoms with Gasteiger partial charge in [0.25, 0.3) is 0 Å². The first kappa shape index (κ1) is 16.8. The van der Waals surface area contributed by atoms with Crippen molar-refractivity contribution in [3.05, 3.63) is 72.8 Å². The second-order valence-corrected chi connectivity index (χ2v) is 7.78. The second-order valence-electron chi connectivity index (χ2n) is 5.34. The third kappa shape index (κ3) is 3.53. The summed E-state index contributed by atoms with van der Waals surface area (Å²) in [5, 5.41) is 5.16. The van der Waals surface area contributed by atoms with Crippen molar-refractivity contribution in [1.29, 1.82) is 0 Å². The number of nitrogens with two attached hydrogens (primary N) is 1. The Balaban J connectivity index is 2.06. The molecule has 0 spiro atoms. The molecule has 122 valence electrons. The van der Waals surface area contributed by atoms with E-state index >= 15 is 0 Å². The first-order valence-electron chi connectivity index (χ1n) is 7.36. The third-order valence-electron chi connectivity index (χ3n) is 3.82. The normalized spacial score (nSPS) is 11.4. The Bertz CT molecular complexity index is 947. The van der Waals surface area contributed by atoms with Crippen LogP contribution in [0, 0.1) is 0 Å². The number of thioether (sulfide) groups is 1. The van der Waals surface area contributed by atoms with E-state index in [-0.39, 0.29) is 4.90 Å². The van der Waals surface area contributed by atoms with E-state index in [0.717, 1.165) is 22.3 Å². The zero-order valence-corrected chi connectivity index (χ0v) is 14.8. The minimum absolute atomic E-state index is 0.119. The van der Waals surface area contributed by atoms with E-state index in [1.807, 2.05) is 18.2 Å². The molecule has 0 aliphatic heterocycles. The summed E-state index contributed by atoms with van der Waals surface area (Å²) in [7, 11) is -3.67. The Morgan fingerprint density at radius 3 is 1.62 bits per heavy atom. The molecule has 0 atom stereocenters. The van der Waals surface area contributed by atoms with Crippen LogP contribution in [0.25, 0.3) is 22.3 Å². The fourth-order valence-electron chi connectivity index (χ4n) is 2.58. The summed E-state index contributed by atoms with van der Waals surface area (Å²) in [4.78, 5) is 1.33. The number of rotatable bonds is 4. The van der Waals surface area contributed by atoms with Gasteiger partial charge in [0, 0.05) is 4.90 Å². The molecule has 0 aliphatic carbocycles. The van der Waals surface area contributed by atoms with Gasteiger partial charge in [-0.25, -0.2) is 13.6 Å². The zero-order valence-electron chi connectivity index (χ0n) is 13.1. The van der Waals surface area contributed by atoms with Gasteiger partial charge in [0.05, 0.1) is 4.90 Å². The maximum absolute atomic E-state index is 11.4. The predicted octanol–water partition coefficient (Wildman–Crippen LogP) is 4.39. The molecule has 3 aromatic rings. The Morgan fingerprint density at radius 2 is 1.21 bits per heavy atom. The fraction of sp³-hybridized carbons (Fsp3) is 0.0526. The number of hydrogen-bond donors (Lipinski definition) is 1. The second kappa shape index (κ2) is 6.81. The maximum atomic E-state index is 11.4. The number of sulfonamides is 1. The van der Waals surface area contributed by atoms with Crippen molar-refractivity contribution in [3.63, 3.8) is 0 Å². The van der Waals surface area contributed by atoms with Gasteiger partial charge in [-0.05, 0) is 52.8 Å². The van der Waals surface area contributed by atoms with E-state index in [0.29, 0.717) is 0 Å². The number of hydrogen-bond acceptors (Lipinski definition) is 3. The first-order valence-corrected chi connectivity index (χ1v) is 10.1. The summed E-state index contributed by atoms with van der Waals surface area (Å²) in [5.41, 5.74) is 4.23. The van der Waals surface area contributed by atoms with Crippen LogP contribution in [-0.2, 0) is 10.0 Å². The molecule has 3 nitrogen and oxygen atoms in total. The maximum Gasteiger partial charge on any atom is 0.238 e. The van der Waals surface area contributed by atoms with Crippen LogP contribution in [0.1, 0.15) is 0 Å². The van der Waals surface area contributed by atoms with Gasteiger partial charge < -0.3 is 0 Å². The van der Waals surface area contributed by atoms with Crippen LogP contribution in [0.3, 0.4) is 0 Å². The molecule has 24 heavy (non-hydrogen) atoms. The van der Waals surface area contributed by atoms with Crippen molar-refractivity contribution in [2.75, 3.05) is 6.26 Å². The number of benzene rings is 3. The summed E-state index contributed by atoms with van der Waals surface area (Å²) >= 11 is 1.71. The lowest BCUT2D eigenvalue weighted by molar-refractivity contribution is 0.598. The van der Waals surface area contributed by atoms with E-state index < -0.39 is 10.0 Å². The van der Waals surface area contributed by atoms with Crippen LogP contribution in [0.15, 0.2) is 82.6 Å². The monoisotopic (exact) mass is 355 g/mol. The third-order valence-corrected chi connectivity index (χ3v) is 5.49. The summed E-state index contributed by atoms with van der Waals surface area (Å²) in [6, 6.07) is 23.1. The van der Waals surface area contributed by atoms with Crippen molar-refractivity contribution in [2.45, 2.75) is 9.79 Å². The minimum atomic E-state index is -3.67. The Labute approximate surface area is 146 Å². The molecule has 0 aromatic heterocycles. The SMILES string of the molecule is CSc1ccc(-c2ccccc2-c2ccc(S(N)(=O)=O)cc2)cc1. The molecule has 0 amide bonds. The summed E-state index contributed by atoms with van der Waals surface area (Å²) in [5.74, 6) is 0. The predicted molar refractivity (Wildman–Crippen MR) is 100 cm³/mol. The van der Waals surface area contributed by atoms with Crippen molar-refractivity contribution in [3.8, 4) is 22.3 Å². The first-order chi connectivity index (χ1) is 11.5. The highest BCUT2D eigenvalue weighted by Crippen LogP contribution is 2.33. The molecule has 0 fully saturated rings. The highest BCUT2D eigenvalue weighted by Gasteiger charge is 2.10. The molecular weight excluding hydrogens is 338 g/mol. The molecule has 5 heteroatoms. The largest absolute Gasteiger partial charge is 0.238 e. The van der Waals surface area contributed by atoms with Crippen LogP contribution in [0.5, 0.6) is 0 Å². The molecule has 0 aliphatic rings. The standard InChI is InChI=1S/C19H17NO2S2/c1-23-16-10-6-14(7-11-16)18-4-2-3-5-19(18)15-8-12-17(13-9-15)24(20,21)22/h2-13H,1H3,(H2,20,21,22). The number of primary sulfonamides is 1. The molecule has 0 heterocycles. The van der Waals surface area contributed by atoms with Gasteiger partial charge in [-0.2, -0.15) is 0 Å². The van der Waals surface area contributed by atoms with Crippen LogP contribution in [0.2, 0.25) is 0 Å². The van der Waals surface area contributed by atoms with E-state index in [2.05, 4.69) is 36.6 Å². The average Bonchev–Trinajstić information content (AvgIpc) is 2.61. The van der Waals surface area contributed by atoms with Gasteiger partial charge in [0.15, 0.2) is 0 Å². The Morgan fingerprint density at radius 1 is 0.750 bits per heavy atom. The van der Waals surface area contributed by atoms with E-state index in [4.69, 9.17) is 5.14 Å². The molecule has 3 rings (SSSR count). The van der Waals surface area contributed by atoms with Crippen LogP contribution in [-0.4, -0.2) is 14.7 Å². The highest BCUT2D eigenvalue weighted by atomic mass is 32.2. The van der Waals surface area contributed by atoms with Gasteiger partial charge in [-0.15, -0.1) is 11.8 Å². The molecular formula is C19H17NO2S2. The van der Waals surface area contributed by atoms with E-state index in [1.165, 1.54) is 17.0 Å². The van der Waals surface area contributed by atoms with Crippen LogP contribution in [0.4, 0.5) is 0 Å². The van der Waals surface area contributed by atoms with Crippen molar-refractivity contribution >= 4 is 21.8 Å². The van der Waals surface area contributed by atoms with Gasteiger partial charge >= 0.3 is 0 Å². The molecule has 0 bridgehead atoms. The van der Waals surface area contributed by atoms with Gasteiger partial charge in [-0.3, -0.25) is 0 Å². The van der Waals surface area contributed by atoms with Crippen molar-refractivity contribution in [1.82, 2.24) is 0 Å². The minimum Gasteiger partial charge on any atom is -0.225 e. The topological polar surface area (TPSA) is 60.2 Å². The van der Waals surface area contributed by atoms with Gasteiger partial charge in [0.2, 0.25) is 10.0 Å². The van der Waals surface area contributed by atoms with Gasteiger partial charge in [-0.1, -0.05) is 48.5 Å². The smallest absolute Gasteiger partial charge is 0.225 e. The molecule has 0 unspecified atom stereocenters. The Kier molecular flexibility index (Phi) is 4.76. The Hall–Kier alpha value is -2.08. The molecule has 0 saturated heterocycles. The summed E-state index contributed by atoms with van der Waals surface area (Å²) < 4.78 is 22.8. The van der Waals surface area contributed by atoms with Crippen molar-refractivity contribution in [2.24, 2.45) is 5.14 Å². The van der Waals surface area contributed by atoms with Gasteiger partial charge in [0.1, 0.15) is 0 Å². The molecule has 0 saturated carbocycles. The molecule has 3 aromatic carbocycles. The van der Waals surface area contributed by atoms with E-state index in [9.17, 15) is 8.42 Å². The van der Waals surface area contributed by atoms with Crippen molar-refractivity contribution < 1.29 is 8.42 Å². The quantitative estimate of drug-likeness (QED) is 0.706. The highest BCUT2D eigenvalue weighted by molar-refractivity contribution is 7.98. The fourth-order valence-corrected chi connectivity index (χ4v) is 3.51.